The predicted octanol–water partition coefficient (Wildman–Crippen LogP) is 2.86. The van der Waals surface area contributed by atoms with Gasteiger partial charge in [-0.2, -0.15) is 0 Å². The third kappa shape index (κ3) is 4.05. The summed E-state index contributed by atoms with van der Waals surface area (Å²) >= 11 is 0. The van der Waals surface area contributed by atoms with Crippen LogP contribution in [0, 0.1) is 6.92 Å². The molecule has 0 bridgehead atoms. The van der Waals surface area contributed by atoms with Crippen molar-refractivity contribution in [2.24, 2.45) is 0 Å². The van der Waals surface area contributed by atoms with Gasteiger partial charge in [0.05, 0.1) is 13.2 Å². The SMILES string of the molecule is COCCc1ccc(Oc2cc(CO)cc(C)n2)cc1. The monoisotopic (exact) mass is 273 g/mol. The van der Waals surface area contributed by atoms with E-state index in [0.717, 1.165) is 23.4 Å². The molecule has 0 aliphatic rings. The third-order valence-electron chi connectivity index (χ3n) is 2.91. The van der Waals surface area contributed by atoms with Crippen LogP contribution in [0.15, 0.2) is 36.4 Å². The lowest BCUT2D eigenvalue weighted by molar-refractivity contribution is 0.202. The second kappa shape index (κ2) is 7.03. The van der Waals surface area contributed by atoms with Crippen LogP contribution in [0.2, 0.25) is 0 Å². The van der Waals surface area contributed by atoms with Gasteiger partial charge in [-0.1, -0.05) is 12.1 Å². The molecule has 0 amide bonds. The lowest BCUT2D eigenvalue weighted by Gasteiger charge is -2.08. The van der Waals surface area contributed by atoms with Crippen LogP contribution in [-0.4, -0.2) is 23.8 Å². The van der Waals surface area contributed by atoms with Crippen molar-refractivity contribution in [3.8, 4) is 11.6 Å². The lowest BCUT2D eigenvalue weighted by Crippen LogP contribution is -1.95. The number of aromatic nitrogens is 1. The van der Waals surface area contributed by atoms with Crippen molar-refractivity contribution in [2.45, 2.75) is 20.0 Å². The molecule has 0 aliphatic heterocycles. The maximum atomic E-state index is 9.18. The van der Waals surface area contributed by atoms with E-state index in [1.54, 1.807) is 13.2 Å². The minimum atomic E-state index is -0.0182. The van der Waals surface area contributed by atoms with Crippen LogP contribution in [0.1, 0.15) is 16.8 Å². The number of rotatable bonds is 6. The van der Waals surface area contributed by atoms with Gasteiger partial charge in [-0.05, 0) is 42.7 Å². The maximum Gasteiger partial charge on any atom is 0.219 e. The van der Waals surface area contributed by atoms with Gasteiger partial charge in [0, 0.05) is 18.9 Å². The van der Waals surface area contributed by atoms with Crippen molar-refractivity contribution >= 4 is 0 Å². The highest BCUT2D eigenvalue weighted by Crippen LogP contribution is 2.21. The van der Waals surface area contributed by atoms with Gasteiger partial charge in [-0.3, -0.25) is 0 Å². The van der Waals surface area contributed by atoms with Crippen LogP contribution in [0.3, 0.4) is 0 Å². The molecule has 1 aromatic heterocycles. The van der Waals surface area contributed by atoms with Gasteiger partial charge in [0.2, 0.25) is 5.88 Å². The molecule has 0 saturated heterocycles. The molecule has 20 heavy (non-hydrogen) atoms. The fourth-order valence-electron chi connectivity index (χ4n) is 1.92. The standard InChI is InChI=1S/C16H19NO3/c1-12-9-14(11-18)10-16(17-12)20-15-5-3-13(4-6-15)7-8-19-2/h3-6,9-10,18H,7-8,11H2,1-2H3. The summed E-state index contributed by atoms with van der Waals surface area (Å²) in [6.45, 7) is 2.56. The summed E-state index contributed by atoms with van der Waals surface area (Å²) < 4.78 is 10.8. The Morgan fingerprint density at radius 1 is 1.10 bits per heavy atom. The van der Waals surface area contributed by atoms with Gasteiger partial charge in [0.25, 0.3) is 0 Å². The van der Waals surface area contributed by atoms with Crippen LogP contribution in [0.5, 0.6) is 11.6 Å². The first-order chi connectivity index (χ1) is 9.71. The van der Waals surface area contributed by atoms with Crippen LogP contribution in [-0.2, 0) is 17.8 Å². The first kappa shape index (κ1) is 14.5. The number of ether oxygens (including phenoxy) is 2. The van der Waals surface area contributed by atoms with Crippen molar-refractivity contribution < 1.29 is 14.6 Å². The molecule has 0 unspecified atom stereocenters. The summed E-state index contributed by atoms with van der Waals surface area (Å²) in [6, 6.07) is 11.4. The topological polar surface area (TPSA) is 51.6 Å². The molecule has 1 aromatic carbocycles. The predicted molar refractivity (Wildman–Crippen MR) is 77.0 cm³/mol. The van der Waals surface area contributed by atoms with Crippen LogP contribution in [0.4, 0.5) is 0 Å². The Morgan fingerprint density at radius 2 is 1.85 bits per heavy atom. The highest BCUT2D eigenvalue weighted by atomic mass is 16.5. The van der Waals surface area contributed by atoms with Gasteiger partial charge in [0.15, 0.2) is 0 Å². The van der Waals surface area contributed by atoms with E-state index >= 15 is 0 Å². The van der Waals surface area contributed by atoms with Crippen molar-refractivity contribution in [1.82, 2.24) is 4.98 Å². The molecule has 0 aliphatic carbocycles. The van der Waals surface area contributed by atoms with E-state index < -0.39 is 0 Å². The Labute approximate surface area is 119 Å². The summed E-state index contributed by atoms with van der Waals surface area (Å²) in [5.74, 6) is 1.23. The summed E-state index contributed by atoms with van der Waals surface area (Å²) in [4.78, 5) is 4.30. The van der Waals surface area contributed by atoms with E-state index in [1.165, 1.54) is 5.56 Å². The van der Waals surface area contributed by atoms with E-state index in [9.17, 15) is 5.11 Å². The number of hydrogen-bond donors (Lipinski definition) is 1. The molecule has 4 heteroatoms. The van der Waals surface area contributed by atoms with Gasteiger partial charge >= 0.3 is 0 Å². The van der Waals surface area contributed by atoms with Crippen molar-refractivity contribution in [3.05, 3.63) is 53.2 Å². The zero-order chi connectivity index (χ0) is 14.4. The van der Waals surface area contributed by atoms with Gasteiger partial charge < -0.3 is 14.6 Å². The number of pyridine rings is 1. The second-order valence-electron chi connectivity index (χ2n) is 4.60. The number of hydrogen-bond acceptors (Lipinski definition) is 4. The minimum Gasteiger partial charge on any atom is -0.439 e. The molecule has 0 atom stereocenters. The number of nitrogens with zero attached hydrogens (tertiary/aromatic N) is 1. The Morgan fingerprint density at radius 3 is 2.50 bits per heavy atom. The Bertz CT molecular complexity index is 552. The van der Waals surface area contributed by atoms with E-state index in [0.29, 0.717) is 12.5 Å². The molecule has 0 saturated carbocycles. The Balaban J connectivity index is 2.07. The van der Waals surface area contributed by atoms with Crippen LogP contribution in [0.25, 0.3) is 0 Å². The van der Waals surface area contributed by atoms with Crippen LogP contribution >= 0.6 is 0 Å². The number of benzene rings is 1. The summed E-state index contributed by atoms with van der Waals surface area (Å²) in [6.07, 6.45) is 0.883. The molecule has 0 radical (unpaired) electrons. The molecule has 2 rings (SSSR count). The number of aliphatic hydroxyl groups is 1. The fourth-order valence-corrected chi connectivity index (χ4v) is 1.92. The summed E-state index contributed by atoms with van der Waals surface area (Å²) in [7, 11) is 1.69. The molecule has 1 N–H and O–H groups in total. The van der Waals surface area contributed by atoms with Crippen molar-refractivity contribution in [2.75, 3.05) is 13.7 Å². The molecule has 4 nitrogen and oxygen atoms in total. The first-order valence-electron chi connectivity index (χ1n) is 6.55. The van der Waals surface area contributed by atoms with E-state index in [1.807, 2.05) is 37.3 Å². The van der Waals surface area contributed by atoms with E-state index in [2.05, 4.69) is 4.98 Å². The maximum absolute atomic E-state index is 9.18. The van der Waals surface area contributed by atoms with Crippen molar-refractivity contribution in [1.29, 1.82) is 0 Å². The Kier molecular flexibility index (Phi) is 5.09. The van der Waals surface area contributed by atoms with E-state index in [4.69, 9.17) is 9.47 Å². The minimum absolute atomic E-state index is 0.0182. The number of aryl methyl sites for hydroxylation is 1. The highest BCUT2D eigenvalue weighted by molar-refractivity contribution is 5.32. The quantitative estimate of drug-likeness (QED) is 0.879. The Hall–Kier alpha value is -1.91. The third-order valence-corrected chi connectivity index (χ3v) is 2.91. The zero-order valence-corrected chi connectivity index (χ0v) is 11.8. The van der Waals surface area contributed by atoms with Gasteiger partial charge in [-0.15, -0.1) is 0 Å². The average Bonchev–Trinajstić information content (AvgIpc) is 2.46. The number of aliphatic hydroxyl groups excluding tert-OH is 1. The first-order valence-corrected chi connectivity index (χ1v) is 6.55. The molecule has 2 aromatic rings. The molecule has 0 spiro atoms. The van der Waals surface area contributed by atoms with Crippen LogP contribution < -0.4 is 4.74 Å². The smallest absolute Gasteiger partial charge is 0.219 e. The van der Waals surface area contributed by atoms with Crippen molar-refractivity contribution in [3.63, 3.8) is 0 Å². The van der Waals surface area contributed by atoms with E-state index in [-0.39, 0.29) is 6.61 Å². The fraction of sp³-hybridized carbons (Fsp3) is 0.312. The molecule has 106 valence electrons. The van der Waals surface area contributed by atoms with Gasteiger partial charge in [-0.25, -0.2) is 4.98 Å². The summed E-state index contributed by atoms with van der Waals surface area (Å²) in [5.41, 5.74) is 2.82. The summed E-state index contributed by atoms with van der Waals surface area (Å²) in [5, 5.41) is 9.18. The molecule has 1 heterocycles. The molecule has 0 fully saturated rings. The lowest BCUT2D eigenvalue weighted by atomic mass is 10.1. The second-order valence-corrected chi connectivity index (χ2v) is 4.60. The zero-order valence-electron chi connectivity index (χ0n) is 11.8. The number of methoxy groups -OCH3 is 1. The normalized spacial score (nSPS) is 10.6. The molecular formula is C16H19NO3. The highest BCUT2D eigenvalue weighted by Gasteiger charge is 2.03. The molecular weight excluding hydrogens is 254 g/mol. The van der Waals surface area contributed by atoms with Gasteiger partial charge in [0.1, 0.15) is 5.75 Å². The average molecular weight is 273 g/mol. The largest absolute Gasteiger partial charge is 0.439 e.